The Morgan fingerprint density at radius 1 is 1.14 bits per heavy atom. The molecule has 0 radical (unpaired) electrons. The topological polar surface area (TPSA) is 101 Å². The highest BCUT2D eigenvalue weighted by atomic mass is 16.2. The third kappa shape index (κ3) is 5.23. The van der Waals surface area contributed by atoms with Gasteiger partial charge in [-0.25, -0.2) is 9.78 Å². The fourth-order valence-electron chi connectivity index (χ4n) is 4.66. The molecule has 5 rings (SSSR count). The minimum atomic E-state index is -0.588. The normalized spacial score (nSPS) is 13.3. The molecule has 1 aromatic carbocycles. The number of carbonyl (C=O) groups is 1. The second kappa shape index (κ2) is 10.1. The van der Waals surface area contributed by atoms with Crippen molar-refractivity contribution in [2.45, 2.75) is 59.2 Å². The van der Waals surface area contributed by atoms with Gasteiger partial charge in [0, 0.05) is 43.6 Å². The molecule has 0 spiro atoms. The van der Waals surface area contributed by atoms with Crippen LogP contribution in [0.1, 0.15) is 65.3 Å². The lowest BCUT2D eigenvalue weighted by molar-refractivity contribution is 0.0731. The van der Waals surface area contributed by atoms with Gasteiger partial charge in [0.05, 0.1) is 10.9 Å². The summed E-state index contributed by atoms with van der Waals surface area (Å²) in [5, 5.41) is 0.163. The predicted octanol–water partition coefficient (Wildman–Crippen LogP) is 4.16. The van der Waals surface area contributed by atoms with Gasteiger partial charge in [-0.2, -0.15) is 0 Å². The molecule has 190 valence electrons. The molecule has 8 nitrogen and oxygen atoms in total. The Labute approximate surface area is 215 Å². The summed E-state index contributed by atoms with van der Waals surface area (Å²) in [6, 6.07) is 13.5. The number of aromatic amines is 1. The monoisotopic (exact) mass is 497 g/mol. The van der Waals surface area contributed by atoms with Crippen LogP contribution in [-0.2, 0) is 19.6 Å². The molecule has 1 aliphatic carbocycles. The number of fused-ring (bicyclic) bond motifs is 1. The third-order valence-electron chi connectivity index (χ3n) is 6.75. The minimum absolute atomic E-state index is 0.153. The minimum Gasteiger partial charge on any atom is -0.330 e. The van der Waals surface area contributed by atoms with Gasteiger partial charge in [-0.1, -0.05) is 44.2 Å². The van der Waals surface area contributed by atoms with Crippen LogP contribution in [0.25, 0.3) is 11.0 Å². The highest BCUT2D eigenvalue weighted by molar-refractivity contribution is 6.05. The Balaban J connectivity index is 1.68. The highest BCUT2D eigenvalue weighted by Gasteiger charge is 2.30. The average molecular weight is 498 g/mol. The van der Waals surface area contributed by atoms with E-state index in [0.29, 0.717) is 19.6 Å². The van der Waals surface area contributed by atoms with Crippen molar-refractivity contribution in [3.63, 3.8) is 0 Å². The number of carbonyl (C=O) groups excluding carboxylic acids is 1. The molecule has 1 saturated carbocycles. The van der Waals surface area contributed by atoms with Crippen LogP contribution in [0, 0.1) is 12.8 Å². The Morgan fingerprint density at radius 3 is 2.59 bits per heavy atom. The Hall–Kier alpha value is -4.07. The van der Waals surface area contributed by atoms with Gasteiger partial charge in [0.25, 0.3) is 11.5 Å². The molecule has 1 N–H and O–H groups in total. The first-order valence-electron chi connectivity index (χ1n) is 12.7. The zero-order valence-electron chi connectivity index (χ0n) is 21.4. The van der Waals surface area contributed by atoms with E-state index >= 15 is 0 Å². The van der Waals surface area contributed by atoms with E-state index in [1.807, 2.05) is 57.2 Å². The summed E-state index contributed by atoms with van der Waals surface area (Å²) in [7, 11) is 0. The van der Waals surface area contributed by atoms with Crippen LogP contribution in [0.15, 0.2) is 64.4 Å². The maximum atomic E-state index is 14.3. The molecule has 0 unspecified atom stereocenters. The van der Waals surface area contributed by atoms with Crippen LogP contribution in [-0.4, -0.2) is 30.3 Å². The van der Waals surface area contributed by atoms with Gasteiger partial charge < -0.3 is 4.90 Å². The number of aryl methyl sites for hydroxylation is 1. The maximum Gasteiger partial charge on any atom is 0.330 e. The first kappa shape index (κ1) is 24.6. The fraction of sp³-hybridized carbons (Fsp3) is 0.345. The van der Waals surface area contributed by atoms with Crippen molar-refractivity contribution in [1.29, 1.82) is 0 Å². The zero-order chi connectivity index (χ0) is 26.1. The van der Waals surface area contributed by atoms with E-state index < -0.39 is 11.2 Å². The second-order valence-electron chi connectivity index (χ2n) is 10.3. The number of hydrogen-bond acceptors (Lipinski definition) is 5. The molecular weight excluding hydrogens is 466 g/mol. The third-order valence-corrected chi connectivity index (χ3v) is 6.75. The summed E-state index contributed by atoms with van der Waals surface area (Å²) in [5.74, 6) is 0.114. The number of aromatic nitrogens is 4. The van der Waals surface area contributed by atoms with Gasteiger partial charge >= 0.3 is 5.69 Å². The van der Waals surface area contributed by atoms with E-state index in [4.69, 9.17) is 4.98 Å². The van der Waals surface area contributed by atoms with Crippen molar-refractivity contribution in [3.05, 3.63) is 104 Å². The average Bonchev–Trinajstić information content (AvgIpc) is 3.72. The summed E-state index contributed by atoms with van der Waals surface area (Å²) in [6.45, 7) is 7.10. The van der Waals surface area contributed by atoms with Crippen molar-refractivity contribution >= 4 is 16.9 Å². The Morgan fingerprint density at radius 2 is 1.92 bits per heavy atom. The number of rotatable bonds is 8. The molecule has 0 aliphatic heterocycles. The first-order chi connectivity index (χ1) is 17.8. The van der Waals surface area contributed by atoms with Crippen LogP contribution in [0.5, 0.6) is 0 Å². The summed E-state index contributed by atoms with van der Waals surface area (Å²) >= 11 is 0. The molecule has 3 aromatic heterocycles. The Bertz CT molecular complexity index is 1570. The number of benzene rings is 1. The summed E-state index contributed by atoms with van der Waals surface area (Å²) < 4.78 is 1.50. The molecule has 0 saturated heterocycles. The van der Waals surface area contributed by atoms with Crippen LogP contribution < -0.4 is 11.2 Å². The quantitative estimate of drug-likeness (QED) is 0.394. The molecule has 1 aliphatic rings. The lowest BCUT2D eigenvalue weighted by atomic mass is 10.0. The van der Waals surface area contributed by atoms with Gasteiger partial charge in [0.2, 0.25) is 0 Å². The molecule has 37 heavy (non-hydrogen) atoms. The Kier molecular flexibility index (Phi) is 6.74. The molecule has 1 amide bonds. The van der Waals surface area contributed by atoms with E-state index in [-0.39, 0.29) is 34.3 Å². The summed E-state index contributed by atoms with van der Waals surface area (Å²) in [4.78, 5) is 53.4. The van der Waals surface area contributed by atoms with Gasteiger partial charge in [0.15, 0.2) is 5.65 Å². The van der Waals surface area contributed by atoms with Gasteiger partial charge in [-0.05, 0) is 54.5 Å². The van der Waals surface area contributed by atoms with Crippen LogP contribution >= 0.6 is 0 Å². The largest absolute Gasteiger partial charge is 0.330 e. The number of nitrogens with zero attached hydrogens (tertiary/aromatic N) is 4. The lowest BCUT2D eigenvalue weighted by Gasteiger charge is -2.25. The molecule has 0 bridgehead atoms. The predicted molar refractivity (Wildman–Crippen MR) is 142 cm³/mol. The van der Waals surface area contributed by atoms with E-state index in [1.54, 1.807) is 23.4 Å². The van der Waals surface area contributed by atoms with Crippen molar-refractivity contribution < 1.29 is 4.79 Å². The van der Waals surface area contributed by atoms with Gasteiger partial charge in [-0.3, -0.25) is 24.1 Å². The number of pyridine rings is 2. The van der Waals surface area contributed by atoms with Gasteiger partial charge in [-0.15, -0.1) is 0 Å². The van der Waals surface area contributed by atoms with Gasteiger partial charge in [0.1, 0.15) is 0 Å². The molecular formula is C29H31N5O3. The second-order valence-corrected chi connectivity index (χ2v) is 10.3. The number of amides is 1. The van der Waals surface area contributed by atoms with Crippen LogP contribution in [0.2, 0.25) is 0 Å². The van der Waals surface area contributed by atoms with E-state index in [1.165, 1.54) is 4.57 Å². The first-order valence-corrected chi connectivity index (χ1v) is 12.7. The SMILES string of the molecule is Cc1ccccc1CN(Cc1cccnc1)C(=O)c1cc(C2CC2)nc2c1c(=O)[nH]c(=O)n2CC(C)C. The van der Waals surface area contributed by atoms with Crippen LogP contribution in [0.4, 0.5) is 0 Å². The van der Waals surface area contributed by atoms with E-state index in [9.17, 15) is 14.4 Å². The molecule has 0 atom stereocenters. The number of nitrogens with one attached hydrogen (secondary N) is 1. The van der Waals surface area contributed by atoms with E-state index in [0.717, 1.165) is 35.2 Å². The molecule has 1 fully saturated rings. The fourth-order valence-corrected chi connectivity index (χ4v) is 4.66. The van der Waals surface area contributed by atoms with Crippen molar-refractivity contribution in [2.75, 3.05) is 0 Å². The van der Waals surface area contributed by atoms with Crippen LogP contribution in [0.3, 0.4) is 0 Å². The zero-order valence-corrected chi connectivity index (χ0v) is 21.4. The van der Waals surface area contributed by atoms with E-state index in [2.05, 4.69) is 9.97 Å². The molecule has 4 aromatic rings. The molecule has 8 heteroatoms. The smallest absolute Gasteiger partial charge is 0.330 e. The van der Waals surface area contributed by atoms with Crippen molar-refractivity contribution in [3.8, 4) is 0 Å². The number of H-pyrrole nitrogens is 1. The van der Waals surface area contributed by atoms with Crippen molar-refractivity contribution in [2.24, 2.45) is 5.92 Å². The summed E-state index contributed by atoms with van der Waals surface area (Å²) in [5.41, 5.74) is 3.22. The molecule has 3 heterocycles. The lowest BCUT2D eigenvalue weighted by Crippen LogP contribution is -2.35. The summed E-state index contributed by atoms with van der Waals surface area (Å²) in [6.07, 6.45) is 5.40. The standard InChI is InChI=1S/C29H31N5O3/c1-18(2)15-34-26-25(27(35)32-29(34)37)23(13-24(31-26)21-10-11-21)28(36)33(16-20-8-6-12-30-14-20)17-22-9-5-4-7-19(22)3/h4-9,12-14,18,21H,10-11,15-17H2,1-3H3,(H,32,35,37). The van der Waals surface area contributed by atoms with Crippen molar-refractivity contribution in [1.82, 2.24) is 24.4 Å². The highest BCUT2D eigenvalue weighted by Crippen LogP contribution is 2.40. The number of hydrogen-bond donors (Lipinski definition) is 1. The maximum absolute atomic E-state index is 14.3.